The summed E-state index contributed by atoms with van der Waals surface area (Å²) >= 11 is 1.36. The van der Waals surface area contributed by atoms with Crippen LogP contribution >= 0.6 is 11.8 Å². The molecule has 2 heterocycles. The van der Waals surface area contributed by atoms with Crippen LogP contribution in [-0.4, -0.2) is 32.9 Å². The molecule has 8 heteroatoms. The molecule has 2 aromatic heterocycles. The molecule has 0 aliphatic rings. The molecule has 0 amide bonds. The van der Waals surface area contributed by atoms with E-state index in [4.69, 9.17) is 9.47 Å². The Morgan fingerprint density at radius 2 is 2.00 bits per heavy atom. The largest absolute Gasteiger partial charge is 0.496 e. The molecule has 0 bridgehead atoms. The lowest BCUT2D eigenvalue weighted by molar-refractivity contribution is 0.304. The van der Waals surface area contributed by atoms with E-state index in [1.807, 2.05) is 54.8 Å². The van der Waals surface area contributed by atoms with Gasteiger partial charge in [-0.25, -0.2) is 9.50 Å². The predicted octanol–water partition coefficient (Wildman–Crippen LogP) is 3.39. The Labute approximate surface area is 165 Å². The van der Waals surface area contributed by atoms with Crippen molar-refractivity contribution in [2.75, 3.05) is 13.4 Å². The van der Waals surface area contributed by atoms with Gasteiger partial charge in [-0.3, -0.25) is 9.78 Å². The lowest BCUT2D eigenvalue weighted by Crippen LogP contribution is -2.13. The number of benzene rings is 2. The number of thioether (sulfide) groups is 1. The van der Waals surface area contributed by atoms with Gasteiger partial charge in [-0.2, -0.15) is 0 Å². The van der Waals surface area contributed by atoms with E-state index in [9.17, 15) is 4.79 Å². The fraction of sp³-hybridized carbons (Fsp3) is 0.150. The highest BCUT2D eigenvalue weighted by atomic mass is 32.2. The Morgan fingerprint density at radius 1 is 1.18 bits per heavy atom. The van der Waals surface area contributed by atoms with Crippen molar-refractivity contribution in [1.29, 1.82) is 0 Å². The SMILES string of the molecule is COc1cc(OCc2ccccc2)ccc1-c1cn2nc(SC)[nH]c(=O)c2n1. The maximum atomic E-state index is 12.2. The zero-order valence-electron chi connectivity index (χ0n) is 15.4. The minimum absolute atomic E-state index is 0.235. The maximum absolute atomic E-state index is 12.2. The number of imidazole rings is 1. The molecule has 0 saturated heterocycles. The number of ether oxygens (including phenoxy) is 2. The van der Waals surface area contributed by atoms with Gasteiger partial charge in [0.15, 0.2) is 5.16 Å². The number of fused-ring (bicyclic) bond motifs is 1. The Hall–Kier alpha value is -3.26. The van der Waals surface area contributed by atoms with Gasteiger partial charge >= 0.3 is 0 Å². The van der Waals surface area contributed by atoms with Gasteiger partial charge < -0.3 is 9.47 Å². The molecule has 28 heavy (non-hydrogen) atoms. The molecule has 0 radical (unpaired) electrons. The Balaban J connectivity index is 1.65. The van der Waals surface area contributed by atoms with E-state index in [0.717, 1.165) is 11.1 Å². The second-order valence-corrected chi connectivity index (χ2v) is 6.79. The zero-order valence-corrected chi connectivity index (χ0v) is 16.2. The summed E-state index contributed by atoms with van der Waals surface area (Å²) in [6.07, 6.45) is 3.56. The summed E-state index contributed by atoms with van der Waals surface area (Å²) in [5, 5.41) is 4.86. The molecule has 0 unspecified atom stereocenters. The molecular formula is C20H18N4O3S. The van der Waals surface area contributed by atoms with Crippen LogP contribution in [0.25, 0.3) is 16.9 Å². The summed E-state index contributed by atoms with van der Waals surface area (Å²) in [4.78, 5) is 19.3. The molecule has 4 rings (SSSR count). The highest BCUT2D eigenvalue weighted by Gasteiger charge is 2.14. The third-order valence-corrected chi connectivity index (χ3v) is 4.77. The number of hydrogen-bond donors (Lipinski definition) is 1. The van der Waals surface area contributed by atoms with Gasteiger partial charge in [0.25, 0.3) is 5.56 Å². The molecule has 1 N–H and O–H groups in total. The Kier molecular flexibility index (Phi) is 5.03. The number of aromatic amines is 1. The van der Waals surface area contributed by atoms with Crippen LogP contribution in [0.4, 0.5) is 0 Å². The van der Waals surface area contributed by atoms with Gasteiger partial charge in [0.2, 0.25) is 5.65 Å². The van der Waals surface area contributed by atoms with Gasteiger partial charge in [-0.05, 0) is 24.0 Å². The van der Waals surface area contributed by atoms with Gasteiger partial charge in [-0.1, -0.05) is 42.1 Å². The molecule has 0 fully saturated rings. The lowest BCUT2D eigenvalue weighted by atomic mass is 10.1. The summed E-state index contributed by atoms with van der Waals surface area (Å²) in [7, 11) is 1.59. The van der Waals surface area contributed by atoms with Crippen LogP contribution in [0.15, 0.2) is 64.7 Å². The van der Waals surface area contributed by atoms with Crippen LogP contribution in [0.1, 0.15) is 5.56 Å². The molecule has 0 aliphatic carbocycles. The van der Waals surface area contributed by atoms with E-state index in [0.29, 0.717) is 29.0 Å². The second-order valence-electron chi connectivity index (χ2n) is 5.99. The summed E-state index contributed by atoms with van der Waals surface area (Å²) in [6, 6.07) is 15.5. The molecular weight excluding hydrogens is 376 g/mol. The minimum Gasteiger partial charge on any atom is -0.496 e. The van der Waals surface area contributed by atoms with Gasteiger partial charge in [-0.15, -0.1) is 5.10 Å². The van der Waals surface area contributed by atoms with Crippen LogP contribution in [-0.2, 0) is 6.61 Å². The average molecular weight is 394 g/mol. The van der Waals surface area contributed by atoms with Crippen molar-refractivity contribution in [3.05, 3.63) is 70.6 Å². The maximum Gasteiger partial charge on any atom is 0.295 e. The van der Waals surface area contributed by atoms with E-state index in [1.165, 1.54) is 16.3 Å². The highest BCUT2D eigenvalue weighted by molar-refractivity contribution is 7.98. The smallest absolute Gasteiger partial charge is 0.295 e. The first-order valence-electron chi connectivity index (χ1n) is 8.57. The number of nitrogens with one attached hydrogen (secondary N) is 1. The molecule has 0 aliphatic heterocycles. The molecule has 0 atom stereocenters. The third kappa shape index (κ3) is 3.59. The van der Waals surface area contributed by atoms with Gasteiger partial charge in [0, 0.05) is 11.6 Å². The molecule has 0 saturated carbocycles. The van der Waals surface area contributed by atoms with Crippen molar-refractivity contribution in [3.63, 3.8) is 0 Å². The van der Waals surface area contributed by atoms with E-state index >= 15 is 0 Å². The van der Waals surface area contributed by atoms with Crippen molar-refractivity contribution in [1.82, 2.24) is 19.6 Å². The summed E-state index contributed by atoms with van der Waals surface area (Å²) < 4.78 is 12.9. The molecule has 0 spiro atoms. The van der Waals surface area contributed by atoms with Crippen LogP contribution < -0.4 is 15.0 Å². The summed E-state index contributed by atoms with van der Waals surface area (Å²) in [6.45, 7) is 0.467. The standard InChI is InChI=1S/C20H18N4O3S/c1-26-17-10-14(27-12-13-6-4-3-5-7-13)8-9-15(17)16-11-24-18(21-16)19(25)22-20(23-24)28-2/h3-11H,12H2,1-2H3,(H,22,23,25). The van der Waals surface area contributed by atoms with Crippen LogP contribution in [0.5, 0.6) is 11.5 Å². The van der Waals surface area contributed by atoms with Crippen molar-refractivity contribution < 1.29 is 9.47 Å². The highest BCUT2D eigenvalue weighted by Crippen LogP contribution is 2.33. The van der Waals surface area contributed by atoms with Crippen molar-refractivity contribution in [2.45, 2.75) is 11.8 Å². The van der Waals surface area contributed by atoms with E-state index in [-0.39, 0.29) is 11.2 Å². The molecule has 142 valence electrons. The number of hydrogen-bond acceptors (Lipinski definition) is 6. The summed E-state index contributed by atoms with van der Waals surface area (Å²) in [5.41, 5.74) is 2.39. The first-order valence-corrected chi connectivity index (χ1v) is 9.79. The fourth-order valence-corrected chi connectivity index (χ4v) is 3.18. The molecule has 7 nitrogen and oxygen atoms in total. The number of H-pyrrole nitrogens is 1. The number of methoxy groups -OCH3 is 1. The van der Waals surface area contributed by atoms with E-state index in [1.54, 1.807) is 13.3 Å². The van der Waals surface area contributed by atoms with Crippen molar-refractivity contribution in [3.8, 4) is 22.8 Å². The Morgan fingerprint density at radius 3 is 2.75 bits per heavy atom. The van der Waals surface area contributed by atoms with Crippen LogP contribution in [0, 0.1) is 0 Å². The van der Waals surface area contributed by atoms with Crippen molar-refractivity contribution >= 4 is 17.4 Å². The minimum atomic E-state index is -0.285. The zero-order chi connectivity index (χ0) is 19.5. The number of rotatable bonds is 6. The Bertz CT molecular complexity index is 1170. The number of aromatic nitrogens is 4. The van der Waals surface area contributed by atoms with Crippen LogP contribution in [0.3, 0.4) is 0 Å². The van der Waals surface area contributed by atoms with Gasteiger partial charge in [0.05, 0.1) is 19.0 Å². The number of nitrogens with zero attached hydrogens (tertiary/aromatic N) is 3. The van der Waals surface area contributed by atoms with E-state index < -0.39 is 0 Å². The first kappa shape index (κ1) is 18.1. The average Bonchev–Trinajstić information content (AvgIpc) is 3.17. The molecule has 2 aromatic carbocycles. The summed E-state index contributed by atoms with van der Waals surface area (Å²) in [5.74, 6) is 1.30. The fourth-order valence-electron chi connectivity index (χ4n) is 2.81. The van der Waals surface area contributed by atoms with Crippen LogP contribution in [0.2, 0.25) is 0 Å². The predicted molar refractivity (Wildman–Crippen MR) is 108 cm³/mol. The van der Waals surface area contributed by atoms with Gasteiger partial charge in [0.1, 0.15) is 18.1 Å². The lowest BCUT2D eigenvalue weighted by Gasteiger charge is -2.10. The normalized spacial score (nSPS) is 10.9. The third-order valence-electron chi connectivity index (χ3n) is 4.20. The topological polar surface area (TPSA) is 81.5 Å². The quantitative estimate of drug-likeness (QED) is 0.505. The first-order chi connectivity index (χ1) is 13.7. The molecule has 4 aromatic rings. The second kappa shape index (κ2) is 7.77. The van der Waals surface area contributed by atoms with Crippen molar-refractivity contribution in [2.24, 2.45) is 0 Å². The monoisotopic (exact) mass is 394 g/mol. The van der Waals surface area contributed by atoms with E-state index in [2.05, 4.69) is 15.1 Å².